The third kappa shape index (κ3) is 31.2. The highest BCUT2D eigenvalue weighted by Crippen LogP contribution is 2.24. The number of hydrogen-bond acceptors (Lipinski definition) is 11. The summed E-state index contributed by atoms with van der Waals surface area (Å²) in [7, 11) is 1.57. The molecule has 3 atom stereocenters. The van der Waals surface area contributed by atoms with Gasteiger partial charge in [-0.1, -0.05) is 119 Å². The van der Waals surface area contributed by atoms with Gasteiger partial charge in [-0.05, 0) is 138 Å². The number of likely N-dealkylation sites (tertiary alicyclic amines) is 1. The van der Waals surface area contributed by atoms with Gasteiger partial charge in [-0.25, -0.2) is 9.59 Å². The minimum Gasteiger partial charge on any atom is -0.480 e. The number of aliphatic carboxylic acids is 1. The van der Waals surface area contributed by atoms with Crippen LogP contribution in [0.25, 0.3) is 0 Å². The van der Waals surface area contributed by atoms with Crippen LogP contribution in [0.1, 0.15) is 153 Å². The molecule has 0 aliphatic carbocycles. The Kier molecular flexibility index (Phi) is 32.3. The molecule has 2 saturated heterocycles. The number of hydrogen-bond donors (Lipinski definition) is 7. The number of ether oxygens (including phenoxy) is 2. The molecule has 2 fully saturated rings. The highest BCUT2D eigenvalue weighted by molar-refractivity contribution is 5.95. The number of nitrogens with zero attached hydrogens (tertiary/aromatic N) is 2. The zero-order valence-electron chi connectivity index (χ0n) is 50.5. The number of carbonyl (C=O) groups excluding carboxylic acids is 6. The van der Waals surface area contributed by atoms with E-state index >= 15 is 0 Å². The van der Waals surface area contributed by atoms with E-state index in [2.05, 4.69) is 59.6 Å². The number of piperidine rings is 1. The summed E-state index contributed by atoms with van der Waals surface area (Å²) in [5.41, 5.74) is -0.481. The first kappa shape index (κ1) is 70.7. The topological polar surface area (TPSA) is 247 Å². The quantitative estimate of drug-likeness (QED) is 0.0315. The monoisotopic (exact) mass is 1100 g/mol. The van der Waals surface area contributed by atoms with Crippen molar-refractivity contribution < 1.29 is 48.1 Å². The molecule has 2 heterocycles. The summed E-state index contributed by atoms with van der Waals surface area (Å²) < 4.78 is 10.9. The van der Waals surface area contributed by atoms with Crippen molar-refractivity contribution in [2.75, 3.05) is 46.3 Å². The first-order chi connectivity index (χ1) is 37.0. The number of rotatable bonds is 23. The Balaban J connectivity index is 0.00000195. The summed E-state index contributed by atoms with van der Waals surface area (Å²) in [6, 6.07) is 15.3. The normalized spacial score (nSPS) is 15.5. The molecule has 2 aliphatic heterocycles. The van der Waals surface area contributed by atoms with E-state index in [1.54, 1.807) is 53.5 Å². The highest BCUT2D eigenvalue weighted by atomic mass is 16.6. The van der Waals surface area contributed by atoms with E-state index in [0.717, 1.165) is 11.1 Å². The van der Waals surface area contributed by atoms with E-state index in [9.17, 15) is 38.7 Å². The number of carboxylic acids is 1. The lowest BCUT2D eigenvalue weighted by atomic mass is 9.87. The predicted octanol–water partition coefficient (Wildman–Crippen LogP) is 8.49. The molecule has 18 heteroatoms. The van der Waals surface area contributed by atoms with Gasteiger partial charge in [-0.3, -0.25) is 28.9 Å². The van der Waals surface area contributed by atoms with Crippen molar-refractivity contribution in [2.24, 2.45) is 5.92 Å². The van der Waals surface area contributed by atoms with Crippen LogP contribution in [0.4, 0.5) is 9.59 Å². The fourth-order valence-electron chi connectivity index (χ4n) is 7.72. The average molecular weight is 1110 g/mol. The molecule has 2 aliphatic rings. The van der Waals surface area contributed by atoms with Crippen molar-refractivity contribution in [1.82, 2.24) is 41.7 Å². The largest absolute Gasteiger partial charge is 0.480 e. The van der Waals surface area contributed by atoms with Gasteiger partial charge < -0.3 is 51.4 Å². The Morgan fingerprint density at radius 2 is 1.25 bits per heavy atom. The number of nitrogens with one attached hydrogen (secondary N) is 6. The van der Waals surface area contributed by atoms with Gasteiger partial charge in [0, 0.05) is 44.7 Å². The number of allylic oxidation sites excluding steroid dienone is 4. The molecule has 0 spiro atoms. The van der Waals surface area contributed by atoms with E-state index in [4.69, 9.17) is 9.47 Å². The van der Waals surface area contributed by atoms with Gasteiger partial charge in [-0.15, -0.1) is 0 Å². The van der Waals surface area contributed by atoms with Gasteiger partial charge in [0.1, 0.15) is 41.4 Å². The van der Waals surface area contributed by atoms with E-state index < -0.39 is 77.3 Å². The number of amides is 6. The van der Waals surface area contributed by atoms with Crippen LogP contribution in [0.3, 0.4) is 0 Å². The first-order valence-electron chi connectivity index (χ1n) is 28.2. The van der Waals surface area contributed by atoms with Gasteiger partial charge >= 0.3 is 18.2 Å². The smallest absolute Gasteiger partial charge is 0.410 e. The molecule has 2 unspecified atom stereocenters. The lowest BCUT2D eigenvalue weighted by Gasteiger charge is -2.40. The van der Waals surface area contributed by atoms with Crippen LogP contribution >= 0.6 is 0 Å². The van der Waals surface area contributed by atoms with Gasteiger partial charge in [-0.2, -0.15) is 0 Å². The Morgan fingerprint density at radius 3 is 1.71 bits per heavy atom. The molecule has 79 heavy (non-hydrogen) atoms. The van der Waals surface area contributed by atoms with Crippen LogP contribution in [-0.4, -0.2) is 143 Å². The van der Waals surface area contributed by atoms with E-state index in [0.29, 0.717) is 24.8 Å². The van der Waals surface area contributed by atoms with Crippen molar-refractivity contribution in [1.29, 1.82) is 0 Å². The first-order valence-corrected chi connectivity index (χ1v) is 28.2. The molecular weight excluding hydrogens is 1000 g/mol. The number of carbonyl (C=O) groups is 7. The third-order valence-electron chi connectivity index (χ3n) is 12.2. The van der Waals surface area contributed by atoms with Crippen molar-refractivity contribution in [3.63, 3.8) is 0 Å². The van der Waals surface area contributed by atoms with Crippen molar-refractivity contribution in [3.8, 4) is 0 Å². The maximum Gasteiger partial charge on any atom is 0.410 e. The molecule has 18 nitrogen and oxygen atoms in total. The SMILES string of the molecule is C/C=C\C=C/C.CC1(C)CN1.CCC.CNC1(C(=O)O)CCN(C(=O)C(CCCCNC(=O)OC(C)(C)C)NC(=O)[C@@H](CC(C)C)NC(=O)C(Cc2ccccc2)NC(=O)CN(CCc2ccccc2)C(=O)OC(C)(C)C)CC1. The van der Waals surface area contributed by atoms with Gasteiger partial charge in [0.25, 0.3) is 0 Å². The number of likely N-dealkylation sites (N-methyl/N-ethyl adjacent to an activating group) is 1. The second-order valence-electron chi connectivity index (χ2n) is 23.1. The molecule has 2 aromatic carbocycles. The Morgan fingerprint density at radius 1 is 0.759 bits per heavy atom. The molecule has 0 aromatic heterocycles. The molecule has 7 N–H and O–H groups in total. The second kappa shape index (κ2) is 36.1. The van der Waals surface area contributed by atoms with Crippen LogP contribution < -0.4 is 31.9 Å². The summed E-state index contributed by atoms with van der Waals surface area (Å²) >= 11 is 0. The number of carboxylic acid groups (broad SMARTS) is 1. The maximum atomic E-state index is 14.3. The molecule has 0 bridgehead atoms. The molecule has 2 aromatic rings. The van der Waals surface area contributed by atoms with Crippen LogP contribution in [0.5, 0.6) is 0 Å². The average Bonchev–Trinajstić information content (AvgIpc) is 4.09. The highest BCUT2D eigenvalue weighted by Gasteiger charge is 2.42. The van der Waals surface area contributed by atoms with E-state index in [-0.39, 0.29) is 70.1 Å². The van der Waals surface area contributed by atoms with Crippen LogP contribution in [0.15, 0.2) is 85.0 Å². The third-order valence-corrected chi connectivity index (χ3v) is 12.2. The Labute approximate surface area is 473 Å². The summed E-state index contributed by atoms with van der Waals surface area (Å²) in [5.74, 6) is -3.33. The van der Waals surface area contributed by atoms with Gasteiger partial charge in [0.05, 0.1) is 0 Å². The second-order valence-corrected chi connectivity index (χ2v) is 23.1. The van der Waals surface area contributed by atoms with Gasteiger partial charge in [0.15, 0.2) is 0 Å². The summed E-state index contributed by atoms with van der Waals surface area (Å²) in [5, 5.41) is 27.2. The molecule has 0 saturated carbocycles. The van der Waals surface area contributed by atoms with Crippen LogP contribution in [0.2, 0.25) is 0 Å². The summed E-state index contributed by atoms with van der Waals surface area (Å²) in [6.07, 6.45) is 10.1. The summed E-state index contributed by atoms with van der Waals surface area (Å²) in [4.78, 5) is 97.1. The van der Waals surface area contributed by atoms with E-state index in [1.807, 2.05) is 113 Å². The van der Waals surface area contributed by atoms with Crippen LogP contribution in [0, 0.1) is 5.92 Å². The lowest BCUT2D eigenvalue weighted by molar-refractivity contribution is -0.149. The zero-order chi connectivity index (χ0) is 59.8. The molecule has 6 amide bonds. The predicted molar refractivity (Wildman–Crippen MR) is 314 cm³/mol. The number of alkyl carbamates (subject to hydrolysis) is 1. The Bertz CT molecular complexity index is 2180. The molecule has 4 rings (SSSR count). The minimum absolute atomic E-state index is 0.0722. The maximum absolute atomic E-state index is 14.3. The van der Waals surface area contributed by atoms with Crippen molar-refractivity contribution >= 4 is 41.8 Å². The fourth-order valence-corrected chi connectivity index (χ4v) is 7.72. The minimum atomic E-state index is -1.18. The van der Waals surface area contributed by atoms with Crippen molar-refractivity contribution in [3.05, 3.63) is 96.1 Å². The fraction of sp³-hybridized carbons (Fsp3) is 0.623. The molecular formula is C61H100N8O10. The van der Waals surface area contributed by atoms with Crippen LogP contribution in [-0.2, 0) is 46.3 Å². The van der Waals surface area contributed by atoms with Crippen molar-refractivity contribution in [2.45, 2.75) is 195 Å². The lowest BCUT2D eigenvalue weighted by Crippen LogP contribution is -2.61. The standard InChI is InChI=1S/C48H73N7O10.C6H10.C4H9N.C3H8/c1-33(2)30-37(40(57)52-36(22-16-17-26-50-44(62)64-46(3,4)5)42(59)54-28-24-48(49-9,25-29-54)43(60)61)53-41(58)38(31-35-20-14-11-15-21-35)51-39(56)32-55(45(63)65-47(6,7)8)27-23-34-18-12-10-13-19-34;1-3-5-6-4-2;1-4(2)3-5-4;1-3-2/h10-15,18-21,33,36-38,49H,16-17,22-32H2,1-9H3,(H,50,62)(H,51,56)(H,52,57)(H,53,58)(H,60,61);3-6H,1-2H3;5H,3H2,1-2H3;3H2,1-2H3/b;5-3-,6-4-;;/t36?,37-,38?;;;/m1.../s1. The Hall–Kier alpha value is -6.27. The van der Waals surface area contributed by atoms with Gasteiger partial charge in [0.2, 0.25) is 23.6 Å². The zero-order valence-corrected chi connectivity index (χ0v) is 50.5. The summed E-state index contributed by atoms with van der Waals surface area (Å²) in [6.45, 7) is 28.4. The number of benzene rings is 2. The molecule has 0 radical (unpaired) electrons. The molecule has 444 valence electrons. The number of unbranched alkanes of at least 4 members (excludes halogenated alkanes) is 1. The van der Waals surface area contributed by atoms with E-state index in [1.165, 1.54) is 17.9 Å².